The fourth-order valence-corrected chi connectivity index (χ4v) is 3.74. The van der Waals surface area contributed by atoms with Gasteiger partial charge in [-0.3, -0.25) is 9.59 Å². The molecule has 2 fully saturated rings. The van der Waals surface area contributed by atoms with Crippen molar-refractivity contribution in [3.8, 4) is 0 Å². The zero-order valence-electron chi connectivity index (χ0n) is 9.93. The largest absolute Gasteiger partial charge is 0.324 e. The van der Waals surface area contributed by atoms with Crippen molar-refractivity contribution in [1.82, 2.24) is 4.90 Å². The number of benzene rings is 1. The quantitative estimate of drug-likeness (QED) is 0.751. The number of nitrogens with zero attached hydrogens (tertiary/aromatic N) is 1. The maximum Gasteiger partial charge on any atom is 0.256 e. The Morgan fingerprint density at radius 2 is 2.00 bits per heavy atom. The molecule has 1 saturated carbocycles. The molecule has 4 rings (SSSR count). The number of amides is 2. The summed E-state index contributed by atoms with van der Waals surface area (Å²) in [4.78, 5) is 26.7. The second kappa shape index (κ2) is 3.34. The van der Waals surface area contributed by atoms with Crippen LogP contribution in [0.5, 0.6) is 0 Å². The van der Waals surface area contributed by atoms with Crippen LogP contribution in [0.25, 0.3) is 0 Å². The van der Waals surface area contributed by atoms with Gasteiger partial charge in [-0.05, 0) is 37.3 Å². The van der Waals surface area contributed by atoms with E-state index in [4.69, 9.17) is 0 Å². The molecular formula is C14H14N2O2. The van der Waals surface area contributed by atoms with Crippen LogP contribution in [0.1, 0.15) is 29.6 Å². The minimum atomic E-state index is -0.247. The van der Waals surface area contributed by atoms with E-state index in [1.807, 2.05) is 17.0 Å². The first-order valence-corrected chi connectivity index (χ1v) is 6.48. The van der Waals surface area contributed by atoms with Gasteiger partial charge in [-0.1, -0.05) is 12.1 Å². The number of piperidine rings is 1. The number of rotatable bonds is 0. The Morgan fingerprint density at radius 3 is 2.89 bits per heavy atom. The van der Waals surface area contributed by atoms with Crippen LogP contribution in [-0.4, -0.2) is 28.8 Å². The Bertz CT molecular complexity index is 554. The molecule has 4 heteroatoms. The second-order valence-electron chi connectivity index (χ2n) is 5.42. The van der Waals surface area contributed by atoms with Gasteiger partial charge in [0.15, 0.2) is 0 Å². The molecule has 3 aliphatic rings. The Hall–Kier alpha value is -1.84. The molecule has 4 nitrogen and oxygen atoms in total. The normalized spacial score (nSPS) is 32.9. The topological polar surface area (TPSA) is 49.4 Å². The monoisotopic (exact) mass is 242 g/mol. The summed E-state index contributed by atoms with van der Waals surface area (Å²) in [6.45, 7) is 0. The van der Waals surface area contributed by atoms with E-state index in [1.54, 1.807) is 12.1 Å². The highest BCUT2D eigenvalue weighted by atomic mass is 16.2. The van der Waals surface area contributed by atoms with E-state index in [1.165, 1.54) is 0 Å². The Labute approximate surface area is 105 Å². The first kappa shape index (κ1) is 10.1. The molecule has 2 heterocycles. The molecule has 0 radical (unpaired) electrons. The predicted octanol–water partition coefficient (Wildman–Crippen LogP) is 1.63. The summed E-state index contributed by atoms with van der Waals surface area (Å²) in [5, 5.41) is 2.91. The fraction of sp³-hybridized carbons (Fsp3) is 0.429. The van der Waals surface area contributed by atoms with Gasteiger partial charge >= 0.3 is 0 Å². The Balaban J connectivity index is 1.86. The lowest BCUT2D eigenvalue weighted by Crippen LogP contribution is -2.49. The lowest BCUT2D eigenvalue weighted by atomic mass is 9.98. The van der Waals surface area contributed by atoms with Gasteiger partial charge < -0.3 is 10.2 Å². The number of anilines is 1. The highest BCUT2D eigenvalue weighted by Crippen LogP contribution is 2.45. The van der Waals surface area contributed by atoms with Gasteiger partial charge in [-0.25, -0.2) is 0 Å². The number of fused-ring (bicyclic) bond motifs is 6. The average Bonchev–Trinajstić information content (AvgIpc) is 2.95. The molecule has 92 valence electrons. The summed E-state index contributed by atoms with van der Waals surface area (Å²) in [7, 11) is 0. The van der Waals surface area contributed by atoms with E-state index in [-0.39, 0.29) is 23.9 Å². The van der Waals surface area contributed by atoms with Crippen molar-refractivity contribution < 1.29 is 9.59 Å². The maximum absolute atomic E-state index is 12.6. The number of hydrogen-bond acceptors (Lipinski definition) is 2. The van der Waals surface area contributed by atoms with Gasteiger partial charge in [0.1, 0.15) is 6.04 Å². The van der Waals surface area contributed by atoms with Crippen molar-refractivity contribution in [1.29, 1.82) is 0 Å². The molecule has 1 aliphatic carbocycles. The fourth-order valence-electron chi connectivity index (χ4n) is 3.74. The SMILES string of the molecule is O=C1Nc2ccccc2C(=O)N2C3CCC(C3)C12. The summed E-state index contributed by atoms with van der Waals surface area (Å²) >= 11 is 0. The third kappa shape index (κ3) is 1.15. The van der Waals surface area contributed by atoms with Gasteiger partial charge in [0.2, 0.25) is 5.91 Å². The molecule has 3 unspecified atom stereocenters. The molecule has 2 amide bonds. The average molecular weight is 242 g/mol. The number of nitrogens with one attached hydrogen (secondary N) is 1. The third-order valence-electron chi connectivity index (χ3n) is 4.50. The van der Waals surface area contributed by atoms with Crippen molar-refractivity contribution in [2.24, 2.45) is 5.92 Å². The minimum Gasteiger partial charge on any atom is -0.324 e. The molecule has 0 aromatic heterocycles. The van der Waals surface area contributed by atoms with Gasteiger partial charge in [0.25, 0.3) is 5.91 Å². The van der Waals surface area contributed by atoms with Crippen LogP contribution in [0.3, 0.4) is 0 Å². The standard InChI is InChI=1S/C14H14N2O2/c17-13-12-8-5-6-9(7-8)16(12)14(18)10-3-1-2-4-11(10)15-13/h1-4,8-9,12H,5-7H2,(H,15,17). The highest BCUT2D eigenvalue weighted by molar-refractivity contribution is 6.10. The molecule has 1 aromatic rings. The first-order valence-electron chi connectivity index (χ1n) is 6.48. The minimum absolute atomic E-state index is 0.0134. The van der Waals surface area contributed by atoms with Crippen LogP contribution < -0.4 is 5.32 Å². The third-order valence-corrected chi connectivity index (χ3v) is 4.50. The van der Waals surface area contributed by atoms with Gasteiger partial charge in [0, 0.05) is 6.04 Å². The zero-order valence-corrected chi connectivity index (χ0v) is 9.93. The smallest absolute Gasteiger partial charge is 0.256 e. The van der Waals surface area contributed by atoms with E-state index >= 15 is 0 Å². The predicted molar refractivity (Wildman–Crippen MR) is 66.2 cm³/mol. The van der Waals surface area contributed by atoms with Crippen LogP contribution in [-0.2, 0) is 4.79 Å². The summed E-state index contributed by atoms with van der Waals surface area (Å²) < 4.78 is 0. The van der Waals surface area contributed by atoms with Crippen LogP contribution in [0.15, 0.2) is 24.3 Å². The van der Waals surface area contributed by atoms with E-state index < -0.39 is 0 Å². The van der Waals surface area contributed by atoms with E-state index in [2.05, 4.69) is 5.32 Å². The number of para-hydroxylation sites is 1. The van der Waals surface area contributed by atoms with Crippen molar-refractivity contribution in [2.75, 3.05) is 5.32 Å². The summed E-state index contributed by atoms with van der Waals surface area (Å²) in [5.41, 5.74) is 1.28. The van der Waals surface area contributed by atoms with Gasteiger partial charge in [-0.2, -0.15) is 0 Å². The lowest BCUT2D eigenvalue weighted by molar-refractivity contribution is -0.121. The first-order chi connectivity index (χ1) is 8.75. The second-order valence-corrected chi connectivity index (χ2v) is 5.42. The maximum atomic E-state index is 12.6. The van der Waals surface area contributed by atoms with Crippen LogP contribution >= 0.6 is 0 Å². The van der Waals surface area contributed by atoms with Crippen molar-refractivity contribution >= 4 is 17.5 Å². The van der Waals surface area contributed by atoms with E-state index in [9.17, 15) is 9.59 Å². The van der Waals surface area contributed by atoms with Gasteiger partial charge in [-0.15, -0.1) is 0 Å². The molecule has 1 N–H and O–H groups in total. The summed E-state index contributed by atoms with van der Waals surface area (Å²) in [5.74, 6) is 0.356. The Kier molecular flexibility index (Phi) is 1.88. The number of carbonyl (C=O) groups excluding carboxylic acids is 2. The van der Waals surface area contributed by atoms with Crippen LogP contribution in [0.2, 0.25) is 0 Å². The van der Waals surface area contributed by atoms with Crippen molar-refractivity contribution in [2.45, 2.75) is 31.3 Å². The van der Waals surface area contributed by atoms with E-state index in [0.717, 1.165) is 19.3 Å². The summed E-state index contributed by atoms with van der Waals surface area (Å²) in [6.07, 6.45) is 3.11. The van der Waals surface area contributed by atoms with Crippen molar-refractivity contribution in [3.63, 3.8) is 0 Å². The molecule has 2 bridgehead atoms. The number of hydrogen-bond donors (Lipinski definition) is 1. The molecule has 1 aromatic carbocycles. The molecule has 3 atom stereocenters. The van der Waals surface area contributed by atoms with Gasteiger partial charge in [0.05, 0.1) is 11.3 Å². The zero-order chi connectivity index (χ0) is 12.3. The molecule has 2 aliphatic heterocycles. The number of carbonyl (C=O) groups is 2. The molecule has 1 saturated heterocycles. The lowest BCUT2D eigenvalue weighted by Gasteiger charge is -2.32. The summed E-state index contributed by atoms with van der Waals surface area (Å²) in [6, 6.07) is 7.31. The highest BCUT2D eigenvalue weighted by Gasteiger charge is 2.52. The van der Waals surface area contributed by atoms with Crippen LogP contribution in [0.4, 0.5) is 5.69 Å². The molecular weight excluding hydrogens is 228 g/mol. The van der Waals surface area contributed by atoms with Crippen molar-refractivity contribution in [3.05, 3.63) is 29.8 Å². The van der Waals surface area contributed by atoms with Crippen LogP contribution in [0, 0.1) is 5.92 Å². The molecule has 18 heavy (non-hydrogen) atoms. The molecule has 0 spiro atoms. The van der Waals surface area contributed by atoms with E-state index in [0.29, 0.717) is 17.2 Å². The Morgan fingerprint density at radius 1 is 1.17 bits per heavy atom.